The first-order valence-corrected chi connectivity index (χ1v) is 7.11. The Hall–Kier alpha value is -1.22. The van der Waals surface area contributed by atoms with E-state index in [1.165, 1.54) is 0 Å². The molecule has 22 heavy (non-hydrogen) atoms. The molecular formula is C15H26IN3O3. The fraction of sp³-hybridized carbons (Fsp3) is 0.533. The van der Waals surface area contributed by atoms with Gasteiger partial charge in [-0.3, -0.25) is 4.99 Å². The van der Waals surface area contributed by atoms with Crippen molar-refractivity contribution in [1.29, 1.82) is 0 Å². The van der Waals surface area contributed by atoms with Gasteiger partial charge in [-0.2, -0.15) is 0 Å². The molecule has 0 amide bonds. The van der Waals surface area contributed by atoms with Crippen molar-refractivity contribution in [3.63, 3.8) is 0 Å². The van der Waals surface area contributed by atoms with Crippen LogP contribution in [0.4, 0.5) is 5.69 Å². The molecule has 0 unspecified atom stereocenters. The molecule has 0 fully saturated rings. The Bertz CT molecular complexity index is 456. The maximum Gasteiger partial charge on any atom is 0.193 e. The number of nitrogens with two attached hydrogens (primary N) is 1. The van der Waals surface area contributed by atoms with Crippen molar-refractivity contribution >= 4 is 35.6 Å². The molecule has 0 saturated carbocycles. The van der Waals surface area contributed by atoms with Gasteiger partial charge in [0, 0.05) is 24.9 Å². The summed E-state index contributed by atoms with van der Waals surface area (Å²) in [6.07, 6.45) is 3.89. The van der Waals surface area contributed by atoms with E-state index in [2.05, 4.69) is 10.3 Å². The van der Waals surface area contributed by atoms with Crippen molar-refractivity contribution in [3.8, 4) is 11.5 Å². The fourth-order valence-electron chi connectivity index (χ4n) is 1.88. The van der Waals surface area contributed by atoms with Gasteiger partial charge in [0.05, 0.1) is 14.2 Å². The standard InChI is InChI=1S/C15H25N3O3.HI/c1-20-13-8-7-12(11-14(13)21-2)18-15(16)17-9-5-3-4-6-10-19;/h7-8,11,19H,3-6,9-10H2,1-2H3,(H3,16,17,18);1H. The Morgan fingerprint density at radius 1 is 1.14 bits per heavy atom. The topological polar surface area (TPSA) is 89.1 Å². The minimum atomic E-state index is 0. The third-order valence-corrected chi connectivity index (χ3v) is 3.00. The van der Waals surface area contributed by atoms with Gasteiger partial charge >= 0.3 is 0 Å². The van der Waals surface area contributed by atoms with E-state index in [9.17, 15) is 0 Å². The van der Waals surface area contributed by atoms with Crippen LogP contribution in [0, 0.1) is 0 Å². The van der Waals surface area contributed by atoms with Crippen molar-refractivity contribution in [2.75, 3.05) is 32.7 Å². The minimum absolute atomic E-state index is 0. The lowest BCUT2D eigenvalue weighted by molar-refractivity contribution is 0.282. The zero-order valence-corrected chi connectivity index (χ0v) is 15.5. The van der Waals surface area contributed by atoms with Gasteiger partial charge in [-0.25, -0.2) is 0 Å². The Balaban J connectivity index is 0.00000441. The first-order valence-electron chi connectivity index (χ1n) is 7.11. The van der Waals surface area contributed by atoms with E-state index in [1.54, 1.807) is 14.2 Å². The Morgan fingerprint density at radius 3 is 2.45 bits per heavy atom. The number of nitrogens with one attached hydrogen (secondary N) is 1. The van der Waals surface area contributed by atoms with Crippen molar-refractivity contribution in [1.82, 2.24) is 0 Å². The number of hydrogen-bond acceptors (Lipinski definition) is 4. The normalized spacial score (nSPS) is 10.8. The number of methoxy groups -OCH3 is 2. The lowest BCUT2D eigenvalue weighted by atomic mass is 10.2. The molecule has 126 valence electrons. The maximum atomic E-state index is 8.68. The molecule has 0 aliphatic carbocycles. The number of aliphatic hydroxyl groups is 1. The second-order valence-corrected chi connectivity index (χ2v) is 4.60. The summed E-state index contributed by atoms with van der Waals surface area (Å²) in [5.74, 6) is 1.69. The first-order chi connectivity index (χ1) is 10.2. The van der Waals surface area contributed by atoms with Crippen molar-refractivity contribution in [3.05, 3.63) is 18.2 Å². The number of nitrogens with zero attached hydrogens (tertiary/aromatic N) is 1. The number of rotatable bonds is 9. The summed E-state index contributed by atoms with van der Waals surface area (Å²) in [7, 11) is 3.18. The van der Waals surface area contributed by atoms with Crippen molar-refractivity contribution in [2.24, 2.45) is 10.7 Å². The van der Waals surface area contributed by atoms with Crippen LogP contribution in [-0.2, 0) is 0 Å². The highest BCUT2D eigenvalue weighted by Gasteiger charge is 2.04. The van der Waals surface area contributed by atoms with Gasteiger partial charge in [0.15, 0.2) is 17.5 Å². The van der Waals surface area contributed by atoms with E-state index in [1.807, 2.05) is 18.2 Å². The van der Waals surface area contributed by atoms with E-state index in [4.69, 9.17) is 20.3 Å². The van der Waals surface area contributed by atoms with Gasteiger partial charge in [0.25, 0.3) is 0 Å². The largest absolute Gasteiger partial charge is 0.493 e. The van der Waals surface area contributed by atoms with Crippen LogP contribution in [0.5, 0.6) is 11.5 Å². The zero-order valence-electron chi connectivity index (χ0n) is 13.2. The molecule has 1 rings (SSSR count). The molecule has 0 bridgehead atoms. The van der Waals surface area contributed by atoms with E-state index >= 15 is 0 Å². The predicted molar refractivity (Wildman–Crippen MR) is 101 cm³/mol. The SMILES string of the molecule is COc1ccc(NC(N)=NCCCCCCO)cc1OC.I. The van der Waals surface area contributed by atoms with Gasteiger partial charge in [-0.1, -0.05) is 12.8 Å². The van der Waals surface area contributed by atoms with Crippen molar-refractivity contribution < 1.29 is 14.6 Å². The van der Waals surface area contributed by atoms with E-state index in [0.717, 1.165) is 31.4 Å². The molecule has 4 N–H and O–H groups in total. The zero-order chi connectivity index (χ0) is 15.5. The molecule has 1 aromatic rings. The van der Waals surface area contributed by atoms with Crippen LogP contribution in [0.2, 0.25) is 0 Å². The van der Waals surface area contributed by atoms with Gasteiger partial charge in [-0.15, -0.1) is 24.0 Å². The molecule has 1 aromatic carbocycles. The quantitative estimate of drug-likeness (QED) is 0.246. The summed E-state index contributed by atoms with van der Waals surface area (Å²) in [5, 5.41) is 11.7. The van der Waals surface area contributed by atoms with Crippen LogP contribution in [0.25, 0.3) is 0 Å². The molecule has 0 aliphatic rings. The number of ether oxygens (including phenoxy) is 2. The second kappa shape index (κ2) is 12.3. The lowest BCUT2D eigenvalue weighted by Crippen LogP contribution is -2.22. The average molecular weight is 423 g/mol. The predicted octanol–water partition coefficient (Wildman–Crippen LogP) is 2.60. The lowest BCUT2D eigenvalue weighted by Gasteiger charge is -2.10. The maximum absolute atomic E-state index is 8.68. The van der Waals surface area contributed by atoms with Crippen LogP contribution in [0.3, 0.4) is 0 Å². The molecular weight excluding hydrogens is 397 g/mol. The molecule has 0 heterocycles. The molecule has 7 heteroatoms. The molecule has 0 radical (unpaired) electrons. The summed E-state index contributed by atoms with van der Waals surface area (Å²) in [5.41, 5.74) is 6.64. The number of aliphatic imine (C=N–C) groups is 1. The fourth-order valence-corrected chi connectivity index (χ4v) is 1.88. The molecule has 6 nitrogen and oxygen atoms in total. The number of aliphatic hydroxyl groups excluding tert-OH is 1. The Morgan fingerprint density at radius 2 is 1.82 bits per heavy atom. The number of hydrogen-bond donors (Lipinski definition) is 3. The average Bonchev–Trinajstić information content (AvgIpc) is 2.50. The monoisotopic (exact) mass is 423 g/mol. The molecule has 0 spiro atoms. The molecule has 0 aromatic heterocycles. The number of halogens is 1. The smallest absolute Gasteiger partial charge is 0.193 e. The van der Waals surface area contributed by atoms with E-state index < -0.39 is 0 Å². The van der Waals surface area contributed by atoms with Crippen LogP contribution in [-0.4, -0.2) is 38.4 Å². The summed E-state index contributed by atoms with van der Waals surface area (Å²) < 4.78 is 10.4. The van der Waals surface area contributed by atoms with E-state index in [0.29, 0.717) is 24.0 Å². The van der Waals surface area contributed by atoms with Crippen LogP contribution in [0.15, 0.2) is 23.2 Å². The van der Waals surface area contributed by atoms with Crippen LogP contribution < -0.4 is 20.5 Å². The summed E-state index contributed by atoms with van der Waals surface area (Å²) in [6.45, 7) is 0.934. The Labute approximate surface area is 149 Å². The second-order valence-electron chi connectivity index (χ2n) is 4.60. The molecule has 0 aliphatic heterocycles. The third-order valence-electron chi connectivity index (χ3n) is 3.00. The minimum Gasteiger partial charge on any atom is -0.493 e. The van der Waals surface area contributed by atoms with Crippen LogP contribution >= 0.6 is 24.0 Å². The highest BCUT2D eigenvalue weighted by atomic mass is 127. The number of benzene rings is 1. The van der Waals surface area contributed by atoms with Gasteiger partial charge in [0.2, 0.25) is 0 Å². The van der Waals surface area contributed by atoms with E-state index in [-0.39, 0.29) is 30.6 Å². The summed E-state index contributed by atoms with van der Waals surface area (Å²) in [6, 6.07) is 5.47. The van der Waals surface area contributed by atoms with Gasteiger partial charge < -0.3 is 25.6 Å². The van der Waals surface area contributed by atoms with Gasteiger partial charge in [0.1, 0.15) is 0 Å². The number of unbranched alkanes of at least 4 members (excludes halogenated alkanes) is 3. The van der Waals surface area contributed by atoms with Crippen molar-refractivity contribution in [2.45, 2.75) is 25.7 Å². The Kier molecular flexibility index (Phi) is 11.7. The first kappa shape index (κ1) is 20.8. The summed E-state index contributed by atoms with van der Waals surface area (Å²) >= 11 is 0. The van der Waals surface area contributed by atoms with Gasteiger partial charge in [-0.05, 0) is 25.0 Å². The third kappa shape index (κ3) is 7.69. The number of guanidine groups is 1. The van der Waals surface area contributed by atoms with Crippen LogP contribution in [0.1, 0.15) is 25.7 Å². The molecule has 0 saturated heterocycles. The highest BCUT2D eigenvalue weighted by molar-refractivity contribution is 14.0. The number of anilines is 1. The highest BCUT2D eigenvalue weighted by Crippen LogP contribution is 2.29. The summed E-state index contributed by atoms with van der Waals surface area (Å²) in [4.78, 5) is 4.26. The molecule has 0 atom stereocenters.